The molecule has 0 aromatic carbocycles. The quantitative estimate of drug-likeness (QED) is 0.443. The summed E-state index contributed by atoms with van der Waals surface area (Å²) in [6.07, 6.45) is 5.98. The van der Waals surface area contributed by atoms with Crippen molar-refractivity contribution in [2.24, 2.45) is 10.9 Å². The van der Waals surface area contributed by atoms with Gasteiger partial charge in [0, 0.05) is 6.04 Å². The van der Waals surface area contributed by atoms with Gasteiger partial charge < -0.3 is 10.9 Å². The Hall–Kier alpha value is -1.43. The van der Waals surface area contributed by atoms with Crippen molar-refractivity contribution in [2.45, 2.75) is 44.7 Å². The molecule has 0 spiro atoms. The van der Waals surface area contributed by atoms with Crippen LogP contribution in [0.4, 0.5) is 0 Å². The van der Waals surface area contributed by atoms with E-state index in [-0.39, 0.29) is 0 Å². The van der Waals surface area contributed by atoms with E-state index in [1.807, 2.05) is 10.9 Å². The average molecular weight is 223 g/mol. The lowest BCUT2D eigenvalue weighted by Gasteiger charge is -2.25. The molecule has 1 aromatic rings. The second kappa shape index (κ2) is 4.61. The first-order chi connectivity index (χ1) is 7.70. The van der Waals surface area contributed by atoms with Gasteiger partial charge in [-0.25, -0.2) is 4.68 Å². The topological polar surface area (TPSA) is 89.3 Å². The molecule has 88 valence electrons. The Morgan fingerprint density at radius 1 is 1.50 bits per heavy atom. The molecule has 0 radical (unpaired) electrons. The van der Waals surface area contributed by atoms with Crippen LogP contribution in [0.1, 0.15) is 44.3 Å². The molecule has 1 saturated carbocycles. The van der Waals surface area contributed by atoms with Crippen LogP contribution in [0, 0.1) is 0 Å². The van der Waals surface area contributed by atoms with Crippen molar-refractivity contribution in [2.75, 3.05) is 0 Å². The van der Waals surface area contributed by atoms with Crippen LogP contribution in [0.2, 0.25) is 0 Å². The normalized spacial score (nSPS) is 27.0. The molecule has 1 fully saturated rings. The maximum Gasteiger partial charge on any atom is 0.130 e. The van der Waals surface area contributed by atoms with E-state index in [2.05, 4.69) is 15.5 Å². The Bertz CT molecular complexity index is 378. The molecule has 1 aromatic heterocycles. The predicted octanol–water partition coefficient (Wildman–Crippen LogP) is 0.919. The molecule has 6 nitrogen and oxygen atoms in total. The molecular formula is C10H17N5O. The highest BCUT2D eigenvalue weighted by Gasteiger charge is 2.21. The first-order valence-corrected chi connectivity index (χ1v) is 5.57. The molecule has 1 heterocycles. The van der Waals surface area contributed by atoms with Gasteiger partial charge >= 0.3 is 0 Å². The van der Waals surface area contributed by atoms with Crippen LogP contribution in [0.15, 0.2) is 11.4 Å². The van der Waals surface area contributed by atoms with Crippen LogP contribution in [0.5, 0.6) is 0 Å². The van der Waals surface area contributed by atoms with Gasteiger partial charge in [0.15, 0.2) is 0 Å². The average Bonchev–Trinajstić information content (AvgIpc) is 2.78. The number of nitrogens with zero attached hydrogens (tertiary/aromatic N) is 4. The van der Waals surface area contributed by atoms with E-state index in [0.29, 0.717) is 23.5 Å². The maximum absolute atomic E-state index is 8.64. The molecule has 0 aliphatic heterocycles. The van der Waals surface area contributed by atoms with Crippen LogP contribution in [0.25, 0.3) is 0 Å². The Morgan fingerprint density at radius 2 is 2.19 bits per heavy atom. The Balaban J connectivity index is 2.07. The zero-order valence-corrected chi connectivity index (χ0v) is 9.37. The van der Waals surface area contributed by atoms with Crippen molar-refractivity contribution >= 4 is 5.71 Å². The second-order valence-corrected chi connectivity index (χ2v) is 4.34. The van der Waals surface area contributed by atoms with Crippen molar-refractivity contribution in [3.63, 3.8) is 0 Å². The smallest absolute Gasteiger partial charge is 0.130 e. The van der Waals surface area contributed by atoms with Crippen molar-refractivity contribution in [1.29, 1.82) is 0 Å². The first kappa shape index (κ1) is 11.1. The van der Waals surface area contributed by atoms with Crippen molar-refractivity contribution in [1.82, 2.24) is 15.0 Å². The number of nitrogens with two attached hydrogens (primary N) is 1. The third-order valence-corrected chi connectivity index (χ3v) is 3.15. The summed E-state index contributed by atoms with van der Waals surface area (Å²) in [4.78, 5) is 0. The molecule has 1 aliphatic rings. The number of aromatic nitrogens is 3. The minimum absolute atomic E-state index is 0.333. The summed E-state index contributed by atoms with van der Waals surface area (Å²) in [6.45, 7) is 1.70. The van der Waals surface area contributed by atoms with Gasteiger partial charge in [0.05, 0.1) is 12.2 Å². The highest BCUT2D eigenvalue weighted by atomic mass is 16.4. The number of hydrogen-bond donors (Lipinski definition) is 2. The first-order valence-electron chi connectivity index (χ1n) is 5.57. The zero-order valence-electron chi connectivity index (χ0n) is 9.37. The van der Waals surface area contributed by atoms with Gasteiger partial charge in [-0.15, -0.1) is 5.10 Å². The summed E-state index contributed by atoms with van der Waals surface area (Å²) in [5.74, 6) is 0. The van der Waals surface area contributed by atoms with Crippen LogP contribution >= 0.6 is 0 Å². The lowest BCUT2D eigenvalue weighted by Crippen LogP contribution is -2.28. The fourth-order valence-corrected chi connectivity index (χ4v) is 2.04. The molecule has 0 saturated heterocycles. The molecule has 16 heavy (non-hydrogen) atoms. The Labute approximate surface area is 94.1 Å². The van der Waals surface area contributed by atoms with Crippen LogP contribution < -0.4 is 5.73 Å². The number of rotatable bonds is 2. The van der Waals surface area contributed by atoms with E-state index in [1.165, 1.54) is 0 Å². The molecule has 6 heteroatoms. The van der Waals surface area contributed by atoms with E-state index in [9.17, 15) is 0 Å². The van der Waals surface area contributed by atoms with Gasteiger partial charge in [-0.3, -0.25) is 0 Å². The van der Waals surface area contributed by atoms with Crippen molar-refractivity contribution < 1.29 is 5.21 Å². The zero-order chi connectivity index (χ0) is 11.5. The van der Waals surface area contributed by atoms with Crippen LogP contribution in [-0.2, 0) is 0 Å². The molecular weight excluding hydrogens is 206 g/mol. The fourth-order valence-electron chi connectivity index (χ4n) is 2.04. The SMILES string of the molecule is C/C(=N\O)c1cn(C2CCC(N)CC2)nn1. The fraction of sp³-hybridized carbons (Fsp3) is 0.700. The monoisotopic (exact) mass is 223 g/mol. The third-order valence-electron chi connectivity index (χ3n) is 3.15. The van der Waals surface area contributed by atoms with E-state index in [0.717, 1.165) is 25.7 Å². The predicted molar refractivity (Wildman–Crippen MR) is 59.5 cm³/mol. The summed E-state index contributed by atoms with van der Waals surface area (Å²) in [5.41, 5.74) is 6.96. The Morgan fingerprint density at radius 3 is 2.81 bits per heavy atom. The molecule has 3 N–H and O–H groups in total. The molecule has 0 atom stereocenters. The second-order valence-electron chi connectivity index (χ2n) is 4.34. The summed E-state index contributed by atoms with van der Waals surface area (Å²) >= 11 is 0. The number of oxime groups is 1. The van der Waals surface area contributed by atoms with E-state index >= 15 is 0 Å². The van der Waals surface area contributed by atoms with Gasteiger partial charge in [0.2, 0.25) is 0 Å². The lowest BCUT2D eigenvalue weighted by molar-refractivity contribution is 0.300. The highest BCUT2D eigenvalue weighted by molar-refractivity contribution is 5.96. The molecule has 1 aliphatic carbocycles. The lowest BCUT2D eigenvalue weighted by atomic mass is 9.92. The Kier molecular flexibility index (Phi) is 3.19. The maximum atomic E-state index is 8.64. The van der Waals surface area contributed by atoms with E-state index in [4.69, 9.17) is 10.9 Å². The third kappa shape index (κ3) is 2.21. The highest BCUT2D eigenvalue weighted by Crippen LogP contribution is 2.26. The van der Waals surface area contributed by atoms with Gasteiger partial charge in [-0.2, -0.15) is 0 Å². The number of hydrogen-bond acceptors (Lipinski definition) is 5. The summed E-state index contributed by atoms with van der Waals surface area (Å²) in [7, 11) is 0. The minimum Gasteiger partial charge on any atom is -0.411 e. The summed E-state index contributed by atoms with van der Waals surface area (Å²) in [5, 5.41) is 19.8. The van der Waals surface area contributed by atoms with Crippen LogP contribution in [0.3, 0.4) is 0 Å². The largest absolute Gasteiger partial charge is 0.411 e. The standard InChI is InChI=1S/C10H17N5O/c1-7(13-16)10-6-15(14-12-10)9-4-2-8(11)3-5-9/h6,8-9,16H,2-5,11H2,1H3/b13-7+. The van der Waals surface area contributed by atoms with Gasteiger partial charge in [-0.1, -0.05) is 10.4 Å². The molecule has 2 rings (SSSR count). The summed E-state index contributed by atoms with van der Waals surface area (Å²) in [6, 6.07) is 0.715. The van der Waals surface area contributed by atoms with Gasteiger partial charge in [0.1, 0.15) is 11.4 Å². The molecule has 0 amide bonds. The van der Waals surface area contributed by atoms with Crippen molar-refractivity contribution in [3.05, 3.63) is 11.9 Å². The van der Waals surface area contributed by atoms with Gasteiger partial charge in [0.25, 0.3) is 0 Å². The van der Waals surface area contributed by atoms with Crippen molar-refractivity contribution in [3.8, 4) is 0 Å². The van der Waals surface area contributed by atoms with Gasteiger partial charge in [-0.05, 0) is 32.6 Å². The molecule has 0 bridgehead atoms. The summed E-state index contributed by atoms with van der Waals surface area (Å²) < 4.78 is 1.86. The minimum atomic E-state index is 0.333. The van der Waals surface area contributed by atoms with Crippen LogP contribution in [-0.4, -0.2) is 32.0 Å². The van der Waals surface area contributed by atoms with E-state index in [1.54, 1.807) is 6.92 Å². The molecule has 0 unspecified atom stereocenters. The van der Waals surface area contributed by atoms with E-state index < -0.39 is 0 Å².